The number of piperazine rings is 1. The molecule has 162 valence electrons. The molecule has 1 heterocycles. The van der Waals surface area contributed by atoms with Gasteiger partial charge >= 0.3 is 0 Å². The van der Waals surface area contributed by atoms with Crippen molar-refractivity contribution >= 4 is 21.6 Å². The van der Waals surface area contributed by atoms with Crippen LogP contribution >= 0.6 is 0 Å². The van der Waals surface area contributed by atoms with E-state index < -0.39 is 10.0 Å². The van der Waals surface area contributed by atoms with Crippen molar-refractivity contribution < 1.29 is 17.9 Å². The summed E-state index contributed by atoms with van der Waals surface area (Å²) in [6.07, 6.45) is 0.298. The molecule has 0 bridgehead atoms. The summed E-state index contributed by atoms with van der Waals surface area (Å²) in [5.74, 6) is 0.269. The van der Waals surface area contributed by atoms with E-state index in [-0.39, 0.29) is 10.8 Å². The number of carbonyl (C=O) groups is 1. The van der Waals surface area contributed by atoms with Gasteiger partial charge in [0.1, 0.15) is 5.75 Å². The number of benzene rings is 2. The average Bonchev–Trinajstić information content (AvgIpc) is 2.76. The molecule has 3 rings (SSSR count). The van der Waals surface area contributed by atoms with Crippen molar-refractivity contribution in [3.05, 3.63) is 54.1 Å². The number of hydrogen-bond acceptors (Lipinski definition) is 5. The van der Waals surface area contributed by atoms with Crippen molar-refractivity contribution in [2.24, 2.45) is 0 Å². The van der Waals surface area contributed by atoms with Crippen LogP contribution in [0.1, 0.15) is 25.8 Å². The molecule has 8 heteroatoms. The van der Waals surface area contributed by atoms with Gasteiger partial charge < -0.3 is 10.1 Å². The number of rotatable bonds is 8. The fraction of sp³-hybridized carbons (Fsp3) is 0.409. The molecule has 2 aromatic rings. The Morgan fingerprint density at radius 2 is 1.73 bits per heavy atom. The van der Waals surface area contributed by atoms with Crippen LogP contribution in [0.3, 0.4) is 0 Å². The Labute approximate surface area is 178 Å². The first-order valence-corrected chi connectivity index (χ1v) is 11.7. The van der Waals surface area contributed by atoms with Crippen molar-refractivity contribution in [2.75, 3.05) is 38.1 Å². The third kappa shape index (κ3) is 5.38. The molecule has 0 unspecified atom stereocenters. The van der Waals surface area contributed by atoms with E-state index in [4.69, 9.17) is 4.74 Å². The van der Waals surface area contributed by atoms with Gasteiger partial charge in [0.15, 0.2) is 0 Å². The predicted molar refractivity (Wildman–Crippen MR) is 117 cm³/mol. The van der Waals surface area contributed by atoms with Gasteiger partial charge in [-0.05, 0) is 30.7 Å². The highest BCUT2D eigenvalue weighted by molar-refractivity contribution is 7.89. The van der Waals surface area contributed by atoms with Crippen molar-refractivity contribution in [1.82, 2.24) is 9.21 Å². The van der Waals surface area contributed by atoms with Crippen LogP contribution in [0.4, 0.5) is 5.69 Å². The summed E-state index contributed by atoms with van der Waals surface area (Å²) in [6, 6.07) is 14.8. The van der Waals surface area contributed by atoms with E-state index in [1.165, 1.54) is 22.0 Å². The molecule has 0 radical (unpaired) electrons. The Morgan fingerprint density at radius 3 is 2.37 bits per heavy atom. The number of carbonyl (C=O) groups excluding carboxylic acids is 1. The summed E-state index contributed by atoms with van der Waals surface area (Å²) in [5.41, 5.74) is 1.60. The van der Waals surface area contributed by atoms with E-state index in [1.54, 1.807) is 13.0 Å². The highest BCUT2D eigenvalue weighted by Crippen LogP contribution is 2.30. The monoisotopic (exact) mass is 431 g/mol. The van der Waals surface area contributed by atoms with E-state index in [0.29, 0.717) is 50.6 Å². The Bertz CT molecular complexity index is 956. The summed E-state index contributed by atoms with van der Waals surface area (Å²) in [5, 5.41) is 2.74. The largest absolute Gasteiger partial charge is 0.492 e. The van der Waals surface area contributed by atoms with E-state index >= 15 is 0 Å². The van der Waals surface area contributed by atoms with Crippen LogP contribution < -0.4 is 10.1 Å². The maximum absolute atomic E-state index is 13.2. The second kappa shape index (κ2) is 10.1. The van der Waals surface area contributed by atoms with Crippen molar-refractivity contribution in [3.8, 4) is 5.75 Å². The number of nitrogens with zero attached hydrogens (tertiary/aromatic N) is 2. The fourth-order valence-electron chi connectivity index (χ4n) is 3.41. The van der Waals surface area contributed by atoms with E-state index in [1.807, 2.05) is 25.1 Å². The Kier molecular flexibility index (Phi) is 7.47. The highest BCUT2D eigenvalue weighted by atomic mass is 32.2. The molecule has 1 N–H and O–H groups in total. The highest BCUT2D eigenvalue weighted by Gasteiger charge is 2.29. The smallest absolute Gasteiger partial charge is 0.243 e. The molecule has 7 nitrogen and oxygen atoms in total. The van der Waals surface area contributed by atoms with Crippen LogP contribution in [-0.4, -0.2) is 56.3 Å². The van der Waals surface area contributed by atoms with E-state index in [2.05, 4.69) is 22.3 Å². The molecule has 1 saturated heterocycles. The number of anilines is 1. The van der Waals surface area contributed by atoms with Gasteiger partial charge in [0.25, 0.3) is 0 Å². The van der Waals surface area contributed by atoms with Crippen LogP contribution in [0.15, 0.2) is 53.4 Å². The molecule has 30 heavy (non-hydrogen) atoms. The zero-order chi connectivity index (χ0) is 21.6. The summed E-state index contributed by atoms with van der Waals surface area (Å²) in [7, 11) is -3.66. The molecule has 1 fully saturated rings. The molecule has 0 spiro atoms. The van der Waals surface area contributed by atoms with Gasteiger partial charge in [-0.3, -0.25) is 9.69 Å². The molecular weight excluding hydrogens is 402 g/mol. The van der Waals surface area contributed by atoms with E-state index in [0.717, 1.165) is 6.54 Å². The zero-order valence-corrected chi connectivity index (χ0v) is 18.3. The fourth-order valence-corrected chi connectivity index (χ4v) is 4.85. The maximum atomic E-state index is 13.2. The summed E-state index contributed by atoms with van der Waals surface area (Å²) in [4.78, 5) is 14.3. The van der Waals surface area contributed by atoms with Crippen LogP contribution in [0.2, 0.25) is 0 Å². The third-order valence-corrected chi connectivity index (χ3v) is 6.96. The summed E-state index contributed by atoms with van der Waals surface area (Å²) < 4.78 is 33.4. The van der Waals surface area contributed by atoms with Gasteiger partial charge in [-0.2, -0.15) is 4.31 Å². The van der Waals surface area contributed by atoms with Gasteiger partial charge in [-0.25, -0.2) is 8.42 Å². The van der Waals surface area contributed by atoms with Crippen molar-refractivity contribution in [2.45, 2.75) is 31.7 Å². The second-order valence-electron chi connectivity index (χ2n) is 7.16. The molecule has 0 atom stereocenters. The zero-order valence-electron chi connectivity index (χ0n) is 17.5. The maximum Gasteiger partial charge on any atom is 0.243 e. The number of ether oxygens (including phenoxy) is 1. The quantitative estimate of drug-likeness (QED) is 0.695. The molecule has 0 aromatic heterocycles. The summed E-state index contributed by atoms with van der Waals surface area (Å²) in [6.45, 7) is 7.01. The first kappa shape index (κ1) is 22.3. The number of sulfonamides is 1. The second-order valence-corrected chi connectivity index (χ2v) is 9.10. The Morgan fingerprint density at radius 1 is 1.03 bits per heavy atom. The first-order chi connectivity index (χ1) is 14.4. The third-order valence-electron chi connectivity index (χ3n) is 5.06. The minimum absolute atomic E-state index is 0.161. The molecular formula is C22H29N3O4S. The molecule has 1 aliphatic heterocycles. The lowest BCUT2D eigenvalue weighted by atomic mass is 10.2. The Hall–Kier alpha value is -2.42. The topological polar surface area (TPSA) is 79.0 Å². The van der Waals surface area contributed by atoms with Crippen LogP contribution in [0.25, 0.3) is 0 Å². The number of amides is 1. The Balaban J connectivity index is 1.72. The standard InChI is InChI=1S/C22H29N3O4S/c1-3-22(26)23-20-16-19(10-11-21(20)29-4-2)30(27,28)25-14-12-24(13-15-25)17-18-8-6-5-7-9-18/h5-11,16H,3-4,12-15,17H2,1-2H3,(H,23,26). The minimum atomic E-state index is -3.66. The first-order valence-electron chi connectivity index (χ1n) is 10.3. The molecule has 1 amide bonds. The molecule has 0 aliphatic carbocycles. The molecule has 1 aliphatic rings. The van der Waals surface area contributed by atoms with Gasteiger partial charge in [0.05, 0.1) is 17.2 Å². The predicted octanol–water partition coefficient (Wildman–Crippen LogP) is 2.94. The number of nitrogens with one attached hydrogen (secondary N) is 1. The van der Waals surface area contributed by atoms with Gasteiger partial charge in [-0.1, -0.05) is 37.3 Å². The van der Waals surface area contributed by atoms with Crippen molar-refractivity contribution in [1.29, 1.82) is 0 Å². The number of hydrogen-bond donors (Lipinski definition) is 1. The van der Waals surface area contributed by atoms with E-state index in [9.17, 15) is 13.2 Å². The SMILES string of the molecule is CCOc1ccc(S(=O)(=O)N2CCN(Cc3ccccc3)CC2)cc1NC(=O)CC. The minimum Gasteiger partial charge on any atom is -0.492 e. The van der Waals surface area contributed by atoms with Gasteiger partial charge in [0.2, 0.25) is 15.9 Å². The van der Waals surface area contributed by atoms with Crippen molar-refractivity contribution in [3.63, 3.8) is 0 Å². The molecule has 0 saturated carbocycles. The molecule has 2 aromatic carbocycles. The van der Waals surface area contributed by atoms with Gasteiger partial charge in [0, 0.05) is 39.1 Å². The van der Waals surface area contributed by atoms with Crippen LogP contribution in [0, 0.1) is 0 Å². The van der Waals surface area contributed by atoms with Crippen LogP contribution in [0.5, 0.6) is 5.75 Å². The lowest BCUT2D eigenvalue weighted by Crippen LogP contribution is -2.48. The summed E-state index contributed by atoms with van der Waals surface area (Å²) >= 11 is 0. The van der Waals surface area contributed by atoms with Gasteiger partial charge in [-0.15, -0.1) is 0 Å². The lowest BCUT2D eigenvalue weighted by Gasteiger charge is -2.34. The van der Waals surface area contributed by atoms with Crippen LogP contribution in [-0.2, 0) is 21.4 Å². The normalized spacial score (nSPS) is 15.7. The average molecular weight is 432 g/mol. The lowest BCUT2D eigenvalue weighted by molar-refractivity contribution is -0.115.